The molecule has 21 heavy (non-hydrogen) atoms. The lowest BCUT2D eigenvalue weighted by molar-refractivity contribution is 0.587. The number of nitrogens with zero attached hydrogens (tertiary/aromatic N) is 1. The zero-order valence-corrected chi connectivity index (χ0v) is 13.6. The van der Waals surface area contributed by atoms with Crippen molar-refractivity contribution in [2.75, 3.05) is 5.33 Å². The summed E-state index contributed by atoms with van der Waals surface area (Å²) in [6, 6.07) is 18.0. The number of rotatable bonds is 4. The van der Waals surface area contributed by atoms with Gasteiger partial charge in [0.25, 0.3) is 10.0 Å². The summed E-state index contributed by atoms with van der Waals surface area (Å²) in [6.45, 7) is 0. The van der Waals surface area contributed by atoms with Crippen molar-refractivity contribution in [3.8, 4) is 0 Å². The Bertz CT molecular complexity index is 870. The van der Waals surface area contributed by atoms with Gasteiger partial charge in [0.2, 0.25) is 0 Å². The summed E-state index contributed by atoms with van der Waals surface area (Å²) < 4.78 is 27.4. The fourth-order valence-electron chi connectivity index (χ4n) is 2.44. The van der Waals surface area contributed by atoms with Crippen LogP contribution in [0, 0.1) is 0 Å². The van der Waals surface area contributed by atoms with Crippen molar-refractivity contribution in [1.29, 1.82) is 0 Å². The lowest BCUT2D eigenvalue weighted by Crippen LogP contribution is -2.15. The highest BCUT2D eigenvalue weighted by molar-refractivity contribution is 9.09. The minimum atomic E-state index is -3.58. The summed E-state index contributed by atoms with van der Waals surface area (Å²) in [6.07, 6.45) is 0.654. The van der Waals surface area contributed by atoms with Gasteiger partial charge in [0.05, 0.1) is 10.4 Å². The van der Waals surface area contributed by atoms with Crippen LogP contribution < -0.4 is 0 Å². The molecule has 0 aliphatic heterocycles. The van der Waals surface area contributed by atoms with Crippen LogP contribution in [0.25, 0.3) is 10.9 Å². The number of benzene rings is 2. The van der Waals surface area contributed by atoms with E-state index >= 15 is 0 Å². The number of para-hydroxylation sites is 1. The van der Waals surface area contributed by atoms with Gasteiger partial charge in [-0.25, -0.2) is 12.4 Å². The molecule has 108 valence electrons. The van der Waals surface area contributed by atoms with Crippen molar-refractivity contribution >= 4 is 36.9 Å². The molecule has 5 heteroatoms. The van der Waals surface area contributed by atoms with Gasteiger partial charge in [0.15, 0.2) is 0 Å². The molecule has 2 aromatic carbocycles. The maximum atomic E-state index is 13.0. The van der Waals surface area contributed by atoms with Gasteiger partial charge in [0, 0.05) is 16.4 Å². The van der Waals surface area contributed by atoms with E-state index in [-0.39, 0.29) is 0 Å². The van der Waals surface area contributed by atoms with E-state index in [1.165, 1.54) is 3.97 Å². The predicted molar refractivity (Wildman–Crippen MR) is 88.5 cm³/mol. The molecule has 0 N–H and O–H groups in total. The Morgan fingerprint density at radius 2 is 1.62 bits per heavy atom. The quantitative estimate of drug-likeness (QED) is 0.661. The second-order valence-corrected chi connectivity index (χ2v) is 7.30. The van der Waals surface area contributed by atoms with E-state index in [0.29, 0.717) is 16.6 Å². The molecule has 0 saturated carbocycles. The molecule has 0 fully saturated rings. The van der Waals surface area contributed by atoms with Crippen LogP contribution in [0.1, 0.15) is 5.69 Å². The molecule has 3 aromatic rings. The molecule has 0 bridgehead atoms. The monoisotopic (exact) mass is 363 g/mol. The van der Waals surface area contributed by atoms with Crippen LogP contribution in [0.5, 0.6) is 0 Å². The second-order valence-electron chi connectivity index (χ2n) is 4.72. The van der Waals surface area contributed by atoms with Gasteiger partial charge in [-0.3, -0.25) is 0 Å². The highest BCUT2D eigenvalue weighted by Gasteiger charge is 2.22. The van der Waals surface area contributed by atoms with E-state index in [2.05, 4.69) is 15.9 Å². The number of alkyl halides is 1. The smallest absolute Gasteiger partial charge is 0.238 e. The molecule has 0 aliphatic carbocycles. The predicted octanol–water partition coefficient (Wildman–Crippen LogP) is 3.82. The molecular weight excluding hydrogens is 350 g/mol. The highest BCUT2D eigenvalue weighted by atomic mass is 79.9. The SMILES string of the molecule is O=S(=O)(c1ccccc1)n1c(CCBr)cc2ccccc21. The Morgan fingerprint density at radius 1 is 0.952 bits per heavy atom. The van der Waals surface area contributed by atoms with Crippen molar-refractivity contribution in [3.63, 3.8) is 0 Å². The molecule has 0 saturated heterocycles. The Kier molecular flexibility index (Phi) is 3.87. The van der Waals surface area contributed by atoms with Gasteiger partial charge in [-0.15, -0.1) is 0 Å². The Balaban J connectivity index is 2.30. The summed E-state index contributed by atoms with van der Waals surface area (Å²) in [7, 11) is -3.58. The van der Waals surface area contributed by atoms with Gasteiger partial charge >= 0.3 is 0 Å². The largest absolute Gasteiger partial charge is 0.268 e. The van der Waals surface area contributed by atoms with Crippen LogP contribution in [-0.4, -0.2) is 17.7 Å². The number of hydrogen-bond acceptors (Lipinski definition) is 2. The minimum Gasteiger partial charge on any atom is -0.238 e. The van der Waals surface area contributed by atoms with Crippen molar-refractivity contribution in [2.24, 2.45) is 0 Å². The third-order valence-electron chi connectivity index (χ3n) is 3.37. The first kappa shape index (κ1) is 14.4. The first-order chi connectivity index (χ1) is 10.1. The molecule has 0 spiro atoms. The molecule has 0 aliphatic rings. The van der Waals surface area contributed by atoms with Crippen LogP contribution in [0.2, 0.25) is 0 Å². The zero-order valence-electron chi connectivity index (χ0n) is 11.2. The lowest BCUT2D eigenvalue weighted by Gasteiger charge is -2.11. The molecule has 0 atom stereocenters. The Hall–Kier alpha value is -1.59. The first-order valence-electron chi connectivity index (χ1n) is 6.60. The molecule has 3 nitrogen and oxygen atoms in total. The minimum absolute atomic E-state index is 0.308. The van der Waals surface area contributed by atoms with E-state index in [1.54, 1.807) is 24.3 Å². The van der Waals surface area contributed by atoms with Crippen molar-refractivity contribution in [2.45, 2.75) is 11.3 Å². The molecular formula is C16H14BrNO2S. The third kappa shape index (κ3) is 2.51. The summed E-state index contributed by atoms with van der Waals surface area (Å²) in [5.41, 5.74) is 1.51. The summed E-state index contributed by atoms with van der Waals surface area (Å²) in [5, 5.41) is 1.65. The molecule has 1 heterocycles. The number of aryl methyl sites for hydroxylation is 1. The lowest BCUT2D eigenvalue weighted by atomic mass is 10.2. The molecule has 3 rings (SSSR count). The van der Waals surface area contributed by atoms with Crippen LogP contribution >= 0.6 is 15.9 Å². The van der Waals surface area contributed by atoms with E-state index in [0.717, 1.165) is 16.6 Å². The Morgan fingerprint density at radius 3 is 2.33 bits per heavy atom. The van der Waals surface area contributed by atoms with Gasteiger partial charge in [-0.1, -0.05) is 52.3 Å². The van der Waals surface area contributed by atoms with Gasteiger partial charge < -0.3 is 0 Å². The summed E-state index contributed by atoms with van der Waals surface area (Å²) >= 11 is 3.39. The number of halogens is 1. The standard InChI is InChI=1S/C16H14BrNO2S/c17-11-10-14-12-13-6-4-5-9-16(13)18(14)21(19,20)15-7-2-1-3-8-15/h1-9,12H,10-11H2. The van der Waals surface area contributed by atoms with Crippen molar-refractivity contribution in [1.82, 2.24) is 3.97 Å². The van der Waals surface area contributed by atoms with Crippen LogP contribution in [0.4, 0.5) is 0 Å². The average Bonchev–Trinajstić information content (AvgIpc) is 2.87. The second kappa shape index (κ2) is 5.66. The van der Waals surface area contributed by atoms with E-state index in [9.17, 15) is 8.42 Å². The average molecular weight is 364 g/mol. The Labute approximate surface area is 132 Å². The first-order valence-corrected chi connectivity index (χ1v) is 9.16. The van der Waals surface area contributed by atoms with Gasteiger partial charge in [0.1, 0.15) is 0 Å². The van der Waals surface area contributed by atoms with E-state index in [4.69, 9.17) is 0 Å². The number of hydrogen-bond donors (Lipinski definition) is 0. The maximum Gasteiger partial charge on any atom is 0.268 e. The van der Waals surface area contributed by atoms with Crippen molar-refractivity contribution < 1.29 is 8.42 Å². The molecule has 1 aromatic heterocycles. The van der Waals surface area contributed by atoms with E-state index < -0.39 is 10.0 Å². The van der Waals surface area contributed by atoms with Crippen LogP contribution in [0.15, 0.2) is 65.6 Å². The van der Waals surface area contributed by atoms with Gasteiger partial charge in [-0.05, 0) is 30.7 Å². The summed E-state index contributed by atoms with van der Waals surface area (Å²) in [4.78, 5) is 0.308. The normalized spacial score (nSPS) is 11.9. The molecule has 0 radical (unpaired) electrons. The third-order valence-corrected chi connectivity index (χ3v) is 5.55. The van der Waals surface area contributed by atoms with E-state index in [1.807, 2.05) is 36.4 Å². The molecule has 0 unspecified atom stereocenters. The fourth-order valence-corrected chi connectivity index (χ4v) is 4.44. The topological polar surface area (TPSA) is 39.1 Å². The van der Waals surface area contributed by atoms with Gasteiger partial charge in [-0.2, -0.15) is 0 Å². The number of fused-ring (bicyclic) bond motifs is 1. The number of aromatic nitrogens is 1. The summed E-state index contributed by atoms with van der Waals surface area (Å²) in [5.74, 6) is 0. The van der Waals surface area contributed by atoms with Crippen molar-refractivity contribution in [3.05, 3.63) is 66.4 Å². The maximum absolute atomic E-state index is 13.0. The van der Waals surface area contributed by atoms with Crippen LogP contribution in [-0.2, 0) is 16.4 Å². The van der Waals surface area contributed by atoms with Crippen LogP contribution in [0.3, 0.4) is 0 Å². The zero-order chi connectivity index (χ0) is 14.9. The molecule has 0 amide bonds. The fraction of sp³-hybridized carbons (Fsp3) is 0.125. The highest BCUT2D eigenvalue weighted by Crippen LogP contribution is 2.26.